The number of nitrogens with zero attached hydrogens (tertiary/aromatic N) is 2. The van der Waals surface area contributed by atoms with Crippen LogP contribution in [-0.4, -0.2) is 32.3 Å². The van der Waals surface area contributed by atoms with E-state index in [1.807, 2.05) is 0 Å². The molecule has 2 N–H and O–H groups in total. The van der Waals surface area contributed by atoms with E-state index in [2.05, 4.69) is 26.1 Å². The third-order valence-electron chi connectivity index (χ3n) is 4.05. The Morgan fingerprint density at radius 2 is 1.96 bits per heavy atom. The van der Waals surface area contributed by atoms with E-state index >= 15 is 0 Å². The zero-order chi connectivity index (χ0) is 16.8. The predicted octanol–water partition coefficient (Wildman–Crippen LogP) is 2.65. The number of aromatic hydroxyl groups is 1. The summed E-state index contributed by atoms with van der Waals surface area (Å²) in [7, 11) is 0. The lowest BCUT2D eigenvalue weighted by Gasteiger charge is -2.40. The maximum Gasteiger partial charge on any atom is 0.234 e. The van der Waals surface area contributed by atoms with Gasteiger partial charge in [-0.05, 0) is 32.0 Å². The highest BCUT2D eigenvalue weighted by Gasteiger charge is 2.48. The molecule has 2 atom stereocenters. The first-order valence-electron chi connectivity index (χ1n) is 7.02. The molecule has 1 aromatic heterocycles. The summed E-state index contributed by atoms with van der Waals surface area (Å²) < 4.78 is 6.56. The molecule has 3 rings (SSSR count). The second-order valence-electron chi connectivity index (χ2n) is 6.00. The van der Waals surface area contributed by atoms with Gasteiger partial charge in [0, 0.05) is 27.7 Å². The van der Waals surface area contributed by atoms with Crippen molar-refractivity contribution in [2.45, 2.75) is 26.1 Å². The molecule has 0 fully saturated rings. The fourth-order valence-electron chi connectivity index (χ4n) is 2.64. The van der Waals surface area contributed by atoms with Gasteiger partial charge in [0.05, 0.1) is 5.41 Å². The number of aliphatic hydroxyl groups excluding tert-OH is 1. The number of benzene rings is 1. The molecular weight excluding hydrogens is 364 g/mol. The number of carbonyl (C=O) groups is 1. The molecule has 1 heterocycles. The lowest BCUT2D eigenvalue weighted by atomic mass is 9.69. The molecular formula is C16H15BrN2O4. The summed E-state index contributed by atoms with van der Waals surface area (Å²) in [5, 5.41) is 27.1. The van der Waals surface area contributed by atoms with Crippen molar-refractivity contribution in [1.82, 2.24) is 10.2 Å². The van der Waals surface area contributed by atoms with Gasteiger partial charge < -0.3 is 14.9 Å². The molecule has 0 saturated carbocycles. The van der Waals surface area contributed by atoms with Crippen LogP contribution in [-0.2, 0) is 0 Å². The van der Waals surface area contributed by atoms with Gasteiger partial charge in [0.2, 0.25) is 11.8 Å². The van der Waals surface area contributed by atoms with E-state index in [4.69, 9.17) is 4.74 Å². The van der Waals surface area contributed by atoms with E-state index in [0.29, 0.717) is 11.1 Å². The third kappa shape index (κ3) is 2.70. The third-order valence-corrected chi connectivity index (χ3v) is 4.54. The fourth-order valence-corrected chi connectivity index (χ4v) is 3.02. The van der Waals surface area contributed by atoms with Crippen molar-refractivity contribution in [2.24, 2.45) is 5.41 Å². The van der Waals surface area contributed by atoms with Crippen LogP contribution in [0, 0.1) is 5.41 Å². The van der Waals surface area contributed by atoms with E-state index in [1.165, 1.54) is 12.1 Å². The molecule has 0 radical (unpaired) electrons. The van der Waals surface area contributed by atoms with Crippen LogP contribution >= 0.6 is 15.9 Å². The van der Waals surface area contributed by atoms with Crippen LogP contribution in [0.5, 0.6) is 11.8 Å². The van der Waals surface area contributed by atoms with Crippen molar-refractivity contribution in [3.63, 3.8) is 0 Å². The minimum Gasteiger partial charge on any atom is -0.492 e. The van der Waals surface area contributed by atoms with Crippen molar-refractivity contribution in [3.8, 4) is 11.8 Å². The van der Waals surface area contributed by atoms with Gasteiger partial charge in [-0.3, -0.25) is 4.79 Å². The molecule has 0 spiro atoms. The minimum absolute atomic E-state index is 0.135. The Morgan fingerprint density at radius 1 is 1.22 bits per heavy atom. The summed E-state index contributed by atoms with van der Waals surface area (Å²) in [5.74, 6) is -0.202. The molecule has 1 aliphatic carbocycles. The molecule has 0 unspecified atom stereocenters. The van der Waals surface area contributed by atoms with Crippen LogP contribution in [0.4, 0.5) is 0 Å². The summed E-state index contributed by atoms with van der Waals surface area (Å²) in [6.45, 7) is 3.37. The summed E-state index contributed by atoms with van der Waals surface area (Å²) in [6.07, 6.45) is -1.82. The van der Waals surface area contributed by atoms with Crippen molar-refractivity contribution >= 4 is 21.7 Å². The number of carbonyl (C=O) groups excluding carboxylic acids is 1. The normalized spacial score (nSPS) is 22.5. The zero-order valence-electron chi connectivity index (χ0n) is 12.5. The smallest absolute Gasteiger partial charge is 0.234 e. The number of Topliss-reactive ketones (excluding diaryl/α,β-unsaturated/α-hetero) is 1. The Labute approximate surface area is 141 Å². The van der Waals surface area contributed by atoms with Gasteiger partial charge in [0.1, 0.15) is 6.10 Å². The first kappa shape index (κ1) is 15.9. The van der Waals surface area contributed by atoms with E-state index in [-0.39, 0.29) is 17.5 Å². The highest BCUT2D eigenvalue weighted by atomic mass is 79.9. The summed E-state index contributed by atoms with van der Waals surface area (Å²) in [5.41, 5.74) is 0.113. The monoisotopic (exact) mass is 378 g/mol. The molecule has 0 aliphatic heterocycles. The van der Waals surface area contributed by atoms with Crippen LogP contribution in [0.15, 0.2) is 34.8 Å². The van der Waals surface area contributed by atoms with E-state index in [0.717, 1.165) is 4.47 Å². The average Bonchev–Trinajstić information content (AvgIpc) is 2.52. The fraction of sp³-hybridized carbons (Fsp3) is 0.312. The van der Waals surface area contributed by atoms with Crippen molar-refractivity contribution < 1.29 is 19.7 Å². The largest absolute Gasteiger partial charge is 0.492 e. The quantitative estimate of drug-likeness (QED) is 0.834. The molecule has 1 aliphatic rings. The highest BCUT2D eigenvalue weighted by molar-refractivity contribution is 9.10. The van der Waals surface area contributed by atoms with Crippen molar-refractivity contribution in [3.05, 3.63) is 45.9 Å². The van der Waals surface area contributed by atoms with Gasteiger partial charge in [-0.15, -0.1) is 10.2 Å². The standard InChI is InChI=1S/C16H15BrN2O4/c1-16(2)14(21)9-4-3-8(17)7-10(9)13(15(16)22)23-12-6-5-11(20)18-19-12/h3-7,13,15,22H,1-2H3,(H,18,20)/t13-,15+/m1/s1. The lowest BCUT2D eigenvalue weighted by molar-refractivity contribution is -0.0382. The number of halogens is 1. The van der Waals surface area contributed by atoms with Gasteiger partial charge >= 0.3 is 0 Å². The predicted molar refractivity (Wildman–Crippen MR) is 85.3 cm³/mol. The Balaban J connectivity index is 2.07. The van der Waals surface area contributed by atoms with Crippen LogP contribution in [0.2, 0.25) is 0 Å². The molecule has 0 bridgehead atoms. The van der Waals surface area contributed by atoms with Crippen LogP contribution < -0.4 is 4.74 Å². The highest BCUT2D eigenvalue weighted by Crippen LogP contribution is 2.43. The Kier molecular flexibility index (Phi) is 3.85. The van der Waals surface area contributed by atoms with Crippen LogP contribution in [0.1, 0.15) is 35.9 Å². The molecule has 23 heavy (non-hydrogen) atoms. The summed E-state index contributed by atoms with van der Waals surface area (Å²) in [4.78, 5) is 12.6. The van der Waals surface area contributed by atoms with Gasteiger partial charge in [-0.2, -0.15) is 0 Å². The Bertz CT molecular complexity index is 761. The van der Waals surface area contributed by atoms with Gasteiger partial charge in [-0.1, -0.05) is 15.9 Å². The zero-order valence-corrected chi connectivity index (χ0v) is 14.1. The Morgan fingerprint density at radius 3 is 2.61 bits per heavy atom. The summed E-state index contributed by atoms with van der Waals surface area (Å²) >= 11 is 3.37. The molecule has 7 heteroatoms. The average molecular weight is 379 g/mol. The second kappa shape index (κ2) is 5.58. The maximum atomic E-state index is 12.6. The van der Waals surface area contributed by atoms with Gasteiger partial charge in [0.25, 0.3) is 0 Å². The lowest BCUT2D eigenvalue weighted by Crippen LogP contribution is -2.47. The second-order valence-corrected chi connectivity index (χ2v) is 6.91. The van der Waals surface area contributed by atoms with Gasteiger partial charge in [0.15, 0.2) is 11.9 Å². The molecule has 0 amide bonds. The Hall–Kier alpha value is -1.99. The first-order valence-corrected chi connectivity index (χ1v) is 7.81. The number of ketones is 1. The molecule has 1 aromatic carbocycles. The van der Waals surface area contributed by atoms with E-state index < -0.39 is 17.6 Å². The first-order chi connectivity index (χ1) is 10.8. The number of ether oxygens (including phenoxy) is 1. The topological polar surface area (TPSA) is 92.5 Å². The van der Waals surface area contributed by atoms with Gasteiger partial charge in [-0.25, -0.2) is 0 Å². The molecule has 120 valence electrons. The number of hydrogen-bond donors (Lipinski definition) is 2. The number of aromatic nitrogens is 2. The van der Waals surface area contributed by atoms with Crippen molar-refractivity contribution in [2.75, 3.05) is 0 Å². The van der Waals surface area contributed by atoms with Crippen LogP contribution in [0.25, 0.3) is 0 Å². The van der Waals surface area contributed by atoms with E-state index in [9.17, 15) is 15.0 Å². The molecule has 2 aromatic rings. The number of aliphatic hydroxyl groups is 1. The number of hydrogen-bond acceptors (Lipinski definition) is 6. The maximum absolute atomic E-state index is 12.6. The minimum atomic E-state index is -1.05. The molecule has 6 nitrogen and oxygen atoms in total. The number of rotatable bonds is 2. The number of fused-ring (bicyclic) bond motifs is 1. The van der Waals surface area contributed by atoms with Crippen molar-refractivity contribution in [1.29, 1.82) is 0 Å². The van der Waals surface area contributed by atoms with Crippen LogP contribution in [0.3, 0.4) is 0 Å². The molecule has 0 saturated heterocycles. The van der Waals surface area contributed by atoms with E-state index in [1.54, 1.807) is 32.0 Å². The SMILES string of the molecule is CC1(C)C(=O)c2ccc(Br)cc2[C@@H](Oc2ccc(O)nn2)[C@@H]1O. The summed E-state index contributed by atoms with van der Waals surface area (Å²) in [6, 6.07) is 8.05.